The molecule has 1 N–H and O–H groups in total. The average molecular weight is 379 g/mol. The molecule has 0 spiro atoms. The highest BCUT2D eigenvalue weighted by Gasteiger charge is 2.28. The van der Waals surface area contributed by atoms with Crippen molar-refractivity contribution in [3.8, 4) is 6.07 Å². The topological polar surface area (TPSA) is 83.2 Å². The molecule has 0 saturated carbocycles. The van der Waals surface area contributed by atoms with Crippen molar-refractivity contribution in [3.05, 3.63) is 52.8 Å². The molecular weight excluding hydrogens is 354 g/mol. The number of carbonyl (C=O) groups is 1. The van der Waals surface area contributed by atoms with Gasteiger partial charge >= 0.3 is 0 Å². The SMILES string of the molecule is N#Cc1ccc(CNCC2CCn3ncc(C(=O)N4CCOCC4)c3C2)cc1. The predicted octanol–water partition coefficient (Wildman–Crippen LogP) is 1.58. The number of benzene rings is 1. The van der Waals surface area contributed by atoms with Crippen LogP contribution >= 0.6 is 0 Å². The third kappa shape index (κ3) is 4.08. The van der Waals surface area contributed by atoms with Crippen LogP contribution in [-0.4, -0.2) is 53.4 Å². The fraction of sp³-hybridized carbons (Fsp3) is 0.476. The van der Waals surface area contributed by atoms with Crippen LogP contribution in [0.3, 0.4) is 0 Å². The van der Waals surface area contributed by atoms with Gasteiger partial charge in [-0.3, -0.25) is 9.48 Å². The molecule has 2 aromatic rings. The Morgan fingerprint density at radius 3 is 2.79 bits per heavy atom. The smallest absolute Gasteiger partial charge is 0.257 e. The monoisotopic (exact) mass is 379 g/mol. The Hall–Kier alpha value is -2.69. The maximum Gasteiger partial charge on any atom is 0.257 e. The highest BCUT2D eigenvalue weighted by molar-refractivity contribution is 5.95. The summed E-state index contributed by atoms with van der Waals surface area (Å²) >= 11 is 0. The van der Waals surface area contributed by atoms with Crippen molar-refractivity contribution < 1.29 is 9.53 Å². The molecule has 1 unspecified atom stereocenters. The molecule has 1 atom stereocenters. The Balaban J connectivity index is 1.34. The zero-order valence-electron chi connectivity index (χ0n) is 15.9. The molecule has 146 valence electrons. The van der Waals surface area contributed by atoms with Crippen LogP contribution in [0.4, 0.5) is 0 Å². The van der Waals surface area contributed by atoms with Gasteiger partial charge in [-0.05, 0) is 43.0 Å². The van der Waals surface area contributed by atoms with Gasteiger partial charge in [-0.2, -0.15) is 10.4 Å². The first-order valence-electron chi connectivity index (χ1n) is 9.86. The van der Waals surface area contributed by atoms with E-state index in [1.165, 1.54) is 5.56 Å². The summed E-state index contributed by atoms with van der Waals surface area (Å²) in [4.78, 5) is 14.7. The van der Waals surface area contributed by atoms with Crippen LogP contribution in [0.25, 0.3) is 0 Å². The fourth-order valence-corrected chi connectivity index (χ4v) is 3.91. The van der Waals surface area contributed by atoms with Gasteiger partial charge in [-0.1, -0.05) is 12.1 Å². The molecule has 0 aliphatic carbocycles. The predicted molar refractivity (Wildman–Crippen MR) is 104 cm³/mol. The van der Waals surface area contributed by atoms with E-state index < -0.39 is 0 Å². The van der Waals surface area contributed by atoms with Crippen molar-refractivity contribution >= 4 is 5.91 Å². The molecule has 28 heavy (non-hydrogen) atoms. The van der Waals surface area contributed by atoms with E-state index in [2.05, 4.69) is 16.5 Å². The largest absolute Gasteiger partial charge is 0.378 e. The normalized spacial score (nSPS) is 19.1. The van der Waals surface area contributed by atoms with Crippen molar-refractivity contribution in [1.29, 1.82) is 5.26 Å². The lowest BCUT2D eigenvalue weighted by Gasteiger charge is -2.28. The van der Waals surface area contributed by atoms with Gasteiger partial charge in [-0.15, -0.1) is 0 Å². The minimum absolute atomic E-state index is 0.0794. The van der Waals surface area contributed by atoms with Crippen LogP contribution in [0, 0.1) is 17.2 Å². The lowest BCUT2D eigenvalue weighted by molar-refractivity contribution is 0.0301. The van der Waals surface area contributed by atoms with Gasteiger partial charge < -0.3 is 15.0 Å². The number of nitrogens with zero attached hydrogens (tertiary/aromatic N) is 4. The molecule has 7 heteroatoms. The van der Waals surface area contributed by atoms with Gasteiger partial charge in [0.25, 0.3) is 5.91 Å². The molecule has 2 aliphatic rings. The van der Waals surface area contributed by atoms with Gasteiger partial charge in [-0.25, -0.2) is 0 Å². The first kappa shape index (κ1) is 18.7. The van der Waals surface area contributed by atoms with E-state index >= 15 is 0 Å². The van der Waals surface area contributed by atoms with Gasteiger partial charge in [0.2, 0.25) is 0 Å². The summed E-state index contributed by atoms with van der Waals surface area (Å²) in [6.07, 6.45) is 3.66. The Kier molecular flexibility index (Phi) is 5.70. The highest BCUT2D eigenvalue weighted by Crippen LogP contribution is 2.24. The third-order valence-corrected chi connectivity index (χ3v) is 5.55. The number of aryl methyl sites for hydroxylation is 1. The molecule has 0 bridgehead atoms. The Bertz CT molecular complexity index is 862. The first-order chi connectivity index (χ1) is 13.7. The second-order valence-corrected chi connectivity index (χ2v) is 7.43. The number of nitrogens with one attached hydrogen (secondary N) is 1. The summed E-state index contributed by atoms with van der Waals surface area (Å²) in [6.45, 7) is 5.05. The Morgan fingerprint density at radius 1 is 1.25 bits per heavy atom. The molecule has 1 aromatic heterocycles. The van der Waals surface area contributed by atoms with Crippen molar-refractivity contribution in [3.63, 3.8) is 0 Å². The van der Waals surface area contributed by atoms with E-state index in [1.807, 2.05) is 33.8 Å². The number of nitriles is 1. The van der Waals surface area contributed by atoms with E-state index in [-0.39, 0.29) is 5.91 Å². The van der Waals surface area contributed by atoms with Gasteiger partial charge in [0.05, 0.1) is 42.3 Å². The standard InChI is InChI=1S/C21H25N5O2/c22-12-16-1-3-17(4-2-16)13-23-14-18-5-6-26-20(11-18)19(15-24-26)21(27)25-7-9-28-10-8-25/h1-4,15,18,23H,5-11,13-14H2. The summed E-state index contributed by atoms with van der Waals surface area (Å²) in [5.74, 6) is 0.564. The average Bonchev–Trinajstić information content (AvgIpc) is 3.17. The summed E-state index contributed by atoms with van der Waals surface area (Å²) < 4.78 is 7.34. The van der Waals surface area contributed by atoms with Crippen LogP contribution in [-0.2, 0) is 24.2 Å². The van der Waals surface area contributed by atoms with E-state index in [4.69, 9.17) is 10.00 Å². The second kappa shape index (κ2) is 8.55. The number of carbonyl (C=O) groups excluding carboxylic acids is 1. The molecule has 7 nitrogen and oxygen atoms in total. The number of morpholine rings is 1. The number of hydrogen-bond acceptors (Lipinski definition) is 5. The van der Waals surface area contributed by atoms with E-state index in [1.54, 1.807) is 6.20 Å². The summed E-state index contributed by atoms with van der Waals surface area (Å²) in [7, 11) is 0. The molecule has 1 saturated heterocycles. The van der Waals surface area contributed by atoms with E-state index in [9.17, 15) is 4.79 Å². The van der Waals surface area contributed by atoms with Gasteiger partial charge in [0.15, 0.2) is 0 Å². The van der Waals surface area contributed by atoms with Crippen LogP contribution < -0.4 is 5.32 Å². The minimum atomic E-state index is 0.0794. The van der Waals surface area contributed by atoms with E-state index in [0.717, 1.165) is 43.7 Å². The van der Waals surface area contributed by atoms with Gasteiger partial charge in [0, 0.05) is 26.2 Å². The minimum Gasteiger partial charge on any atom is -0.378 e. The van der Waals surface area contributed by atoms with Crippen molar-refractivity contribution in [1.82, 2.24) is 20.0 Å². The van der Waals surface area contributed by atoms with Crippen molar-refractivity contribution in [2.75, 3.05) is 32.8 Å². The van der Waals surface area contributed by atoms with Crippen molar-refractivity contribution in [2.24, 2.45) is 5.92 Å². The third-order valence-electron chi connectivity index (χ3n) is 5.55. The number of hydrogen-bond donors (Lipinski definition) is 1. The maximum absolute atomic E-state index is 12.9. The molecular formula is C21H25N5O2. The first-order valence-corrected chi connectivity index (χ1v) is 9.86. The van der Waals surface area contributed by atoms with Crippen LogP contribution in [0.5, 0.6) is 0 Å². The number of fused-ring (bicyclic) bond motifs is 1. The summed E-state index contributed by atoms with van der Waals surface area (Å²) in [5.41, 5.74) is 3.66. The summed E-state index contributed by atoms with van der Waals surface area (Å²) in [5, 5.41) is 16.8. The Morgan fingerprint density at radius 2 is 2.04 bits per heavy atom. The molecule has 1 fully saturated rings. The lowest BCUT2D eigenvalue weighted by atomic mass is 9.94. The maximum atomic E-state index is 12.9. The van der Waals surface area contributed by atoms with Crippen LogP contribution in [0.1, 0.15) is 33.6 Å². The molecule has 3 heterocycles. The lowest BCUT2D eigenvalue weighted by Crippen LogP contribution is -2.41. The number of amides is 1. The molecule has 1 aromatic carbocycles. The number of aromatic nitrogens is 2. The zero-order valence-corrected chi connectivity index (χ0v) is 15.9. The fourth-order valence-electron chi connectivity index (χ4n) is 3.91. The molecule has 4 rings (SSSR count). The van der Waals surface area contributed by atoms with E-state index in [0.29, 0.717) is 37.8 Å². The van der Waals surface area contributed by atoms with Gasteiger partial charge in [0.1, 0.15) is 0 Å². The summed E-state index contributed by atoms with van der Waals surface area (Å²) in [6, 6.07) is 9.81. The van der Waals surface area contributed by atoms with Crippen LogP contribution in [0.2, 0.25) is 0 Å². The van der Waals surface area contributed by atoms with Crippen molar-refractivity contribution in [2.45, 2.75) is 25.9 Å². The zero-order chi connectivity index (χ0) is 19.3. The Labute approximate surface area is 164 Å². The number of rotatable bonds is 5. The quantitative estimate of drug-likeness (QED) is 0.853. The molecule has 1 amide bonds. The highest BCUT2D eigenvalue weighted by atomic mass is 16.5. The second-order valence-electron chi connectivity index (χ2n) is 7.43. The number of ether oxygens (including phenoxy) is 1. The molecule has 2 aliphatic heterocycles. The van der Waals surface area contributed by atoms with Crippen LogP contribution in [0.15, 0.2) is 30.5 Å². The molecule has 0 radical (unpaired) electrons.